The number of hydrogen-bond acceptors (Lipinski definition) is 2. The van der Waals surface area contributed by atoms with Crippen LogP contribution >= 0.6 is 0 Å². The molecule has 0 aromatic carbocycles. The minimum absolute atomic E-state index is 0.822. The Balaban J connectivity index is 1.33. The van der Waals surface area contributed by atoms with Crippen molar-refractivity contribution in [1.29, 1.82) is 0 Å². The van der Waals surface area contributed by atoms with Gasteiger partial charge in [-0.2, -0.15) is 0 Å². The first-order valence-electron chi connectivity index (χ1n) is 9.42. The zero-order chi connectivity index (χ0) is 13.6. The highest BCUT2D eigenvalue weighted by Gasteiger charge is 2.25. The van der Waals surface area contributed by atoms with E-state index < -0.39 is 0 Å². The molecule has 0 atom stereocenters. The fourth-order valence-electron chi connectivity index (χ4n) is 4.63. The Morgan fingerprint density at radius 2 is 0.650 bits per heavy atom. The largest absolute Gasteiger partial charge is 0.311 e. The third kappa shape index (κ3) is 4.46. The van der Waals surface area contributed by atoms with Crippen LogP contribution in [0.25, 0.3) is 0 Å². The van der Waals surface area contributed by atoms with Crippen LogP contribution in [0.1, 0.15) is 89.9 Å². The summed E-state index contributed by atoms with van der Waals surface area (Å²) in [6.45, 7) is 0. The molecule has 2 N–H and O–H groups in total. The van der Waals surface area contributed by atoms with E-state index in [4.69, 9.17) is 0 Å². The average molecular weight is 278 g/mol. The first kappa shape index (κ1) is 14.8. The van der Waals surface area contributed by atoms with Crippen molar-refractivity contribution in [2.24, 2.45) is 0 Å². The van der Waals surface area contributed by atoms with E-state index in [1.807, 2.05) is 0 Å². The summed E-state index contributed by atoms with van der Waals surface area (Å²) in [6.07, 6.45) is 20.1. The van der Waals surface area contributed by atoms with Gasteiger partial charge < -0.3 is 10.6 Å². The molecule has 3 aliphatic carbocycles. The van der Waals surface area contributed by atoms with Crippen molar-refractivity contribution in [2.75, 3.05) is 0 Å². The second kappa shape index (κ2) is 7.79. The predicted octanol–water partition coefficient (Wildman–Crippen LogP) is 4.14. The molecule has 3 saturated carbocycles. The molecule has 0 aromatic rings. The lowest BCUT2D eigenvalue weighted by atomic mass is 9.87. The summed E-state index contributed by atoms with van der Waals surface area (Å²) in [7, 11) is 0. The molecular weight excluding hydrogens is 244 g/mol. The number of hydrogen-bond donors (Lipinski definition) is 2. The van der Waals surface area contributed by atoms with E-state index in [0.29, 0.717) is 0 Å². The van der Waals surface area contributed by atoms with Crippen molar-refractivity contribution >= 4 is 0 Å². The van der Waals surface area contributed by atoms with Crippen molar-refractivity contribution in [3.63, 3.8) is 0 Å². The van der Waals surface area contributed by atoms with Crippen LogP contribution in [0.4, 0.5) is 0 Å². The zero-order valence-electron chi connectivity index (χ0n) is 13.2. The molecule has 2 heteroatoms. The second-order valence-corrected chi connectivity index (χ2v) is 7.55. The fourth-order valence-corrected chi connectivity index (χ4v) is 4.63. The molecule has 0 radical (unpaired) electrons. The van der Waals surface area contributed by atoms with Crippen molar-refractivity contribution in [3.8, 4) is 0 Å². The summed E-state index contributed by atoms with van der Waals surface area (Å²) in [5.74, 6) is 0. The van der Waals surface area contributed by atoms with Gasteiger partial charge in [-0.1, -0.05) is 38.5 Å². The lowest BCUT2D eigenvalue weighted by Crippen LogP contribution is -2.46. The maximum Gasteiger partial charge on any atom is 0.00708 e. The molecule has 0 unspecified atom stereocenters. The Hall–Kier alpha value is -0.0800. The molecule has 116 valence electrons. The quantitative estimate of drug-likeness (QED) is 0.807. The average Bonchev–Trinajstić information content (AvgIpc) is 2.51. The molecular formula is C18H34N2. The third-order valence-electron chi connectivity index (χ3n) is 5.88. The first-order chi connectivity index (χ1) is 9.90. The smallest absolute Gasteiger partial charge is 0.00708 e. The van der Waals surface area contributed by atoms with Gasteiger partial charge in [0, 0.05) is 24.2 Å². The normalized spacial score (nSPS) is 34.2. The summed E-state index contributed by atoms with van der Waals surface area (Å²) in [5, 5.41) is 7.91. The highest BCUT2D eigenvalue weighted by molar-refractivity contribution is 4.86. The maximum absolute atomic E-state index is 3.95. The molecule has 3 fully saturated rings. The fraction of sp³-hybridized carbons (Fsp3) is 1.00. The minimum Gasteiger partial charge on any atom is -0.311 e. The summed E-state index contributed by atoms with van der Waals surface area (Å²) in [4.78, 5) is 0. The van der Waals surface area contributed by atoms with Crippen LogP contribution in [0.5, 0.6) is 0 Å². The van der Waals surface area contributed by atoms with Crippen molar-refractivity contribution in [2.45, 2.75) is 114 Å². The molecule has 0 bridgehead atoms. The highest BCUT2D eigenvalue weighted by atomic mass is 15.0. The van der Waals surface area contributed by atoms with E-state index in [2.05, 4.69) is 10.6 Å². The molecule has 0 aliphatic heterocycles. The molecule has 0 heterocycles. The number of rotatable bonds is 4. The zero-order valence-corrected chi connectivity index (χ0v) is 13.2. The second-order valence-electron chi connectivity index (χ2n) is 7.55. The van der Waals surface area contributed by atoms with E-state index in [-0.39, 0.29) is 0 Å². The van der Waals surface area contributed by atoms with Gasteiger partial charge in [0.2, 0.25) is 0 Å². The van der Waals surface area contributed by atoms with Crippen LogP contribution in [0.3, 0.4) is 0 Å². The van der Waals surface area contributed by atoms with Crippen LogP contribution in [0, 0.1) is 0 Å². The lowest BCUT2D eigenvalue weighted by Gasteiger charge is -2.36. The van der Waals surface area contributed by atoms with Gasteiger partial charge in [0.25, 0.3) is 0 Å². The van der Waals surface area contributed by atoms with E-state index in [1.54, 1.807) is 0 Å². The van der Waals surface area contributed by atoms with Gasteiger partial charge in [-0.05, 0) is 51.4 Å². The molecule has 0 spiro atoms. The van der Waals surface area contributed by atoms with Crippen molar-refractivity contribution in [3.05, 3.63) is 0 Å². The summed E-state index contributed by atoms with van der Waals surface area (Å²) >= 11 is 0. The Morgan fingerprint density at radius 3 is 1.00 bits per heavy atom. The highest BCUT2D eigenvalue weighted by Crippen LogP contribution is 2.25. The number of nitrogens with one attached hydrogen (secondary N) is 2. The van der Waals surface area contributed by atoms with Crippen LogP contribution < -0.4 is 10.6 Å². The maximum atomic E-state index is 3.95. The molecule has 0 saturated heterocycles. The molecule has 20 heavy (non-hydrogen) atoms. The van der Waals surface area contributed by atoms with E-state index >= 15 is 0 Å². The van der Waals surface area contributed by atoms with Gasteiger partial charge in [0.1, 0.15) is 0 Å². The van der Waals surface area contributed by atoms with Crippen LogP contribution in [0.2, 0.25) is 0 Å². The van der Waals surface area contributed by atoms with Gasteiger partial charge in [-0.25, -0.2) is 0 Å². The predicted molar refractivity (Wildman–Crippen MR) is 86.1 cm³/mol. The molecule has 0 aromatic heterocycles. The minimum atomic E-state index is 0.822. The van der Waals surface area contributed by atoms with Gasteiger partial charge in [-0.15, -0.1) is 0 Å². The van der Waals surface area contributed by atoms with Gasteiger partial charge in [-0.3, -0.25) is 0 Å². The van der Waals surface area contributed by atoms with E-state index in [9.17, 15) is 0 Å². The first-order valence-corrected chi connectivity index (χ1v) is 9.42. The summed E-state index contributed by atoms with van der Waals surface area (Å²) in [5.41, 5.74) is 0. The summed E-state index contributed by atoms with van der Waals surface area (Å²) in [6, 6.07) is 3.33. The molecule has 2 nitrogen and oxygen atoms in total. The molecule has 0 amide bonds. The lowest BCUT2D eigenvalue weighted by molar-refractivity contribution is 0.240. The van der Waals surface area contributed by atoms with E-state index in [0.717, 1.165) is 24.2 Å². The Kier molecular flexibility index (Phi) is 5.78. The molecule has 3 aliphatic rings. The van der Waals surface area contributed by atoms with Crippen LogP contribution in [0.15, 0.2) is 0 Å². The molecule has 3 rings (SSSR count). The van der Waals surface area contributed by atoms with E-state index in [1.165, 1.54) is 89.9 Å². The Labute approximate surface area is 125 Å². The van der Waals surface area contributed by atoms with Crippen molar-refractivity contribution < 1.29 is 0 Å². The Morgan fingerprint density at radius 1 is 0.350 bits per heavy atom. The van der Waals surface area contributed by atoms with Gasteiger partial charge >= 0.3 is 0 Å². The third-order valence-corrected chi connectivity index (χ3v) is 5.88. The van der Waals surface area contributed by atoms with Crippen LogP contribution in [-0.2, 0) is 0 Å². The van der Waals surface area contributed by atoms with Crippen molar-refractivity contribution in [1.82, 2.24) is 10.6 Å². The SMILES string of the molecule is C1CCC(NC2CCC(NC3CCCCC3)CC2)CC1. The monoisotopic (exact) mass is 278 g/mol. The standard InChI is InChI=1S/C18H34N2/c1-3-7-15(8-4-1)19-17-11-13-18(14-12-17)20-16-9-5-2-6-10-16/h15-20H,1-14H2. The summed E-state index contributed by atoms with van der Waals surface area (Å²) < 4.78 is 0. The van der Waals surface area contributed by atoms with Crippen LogP contribution in [-0.4, -0.2) is 24.2 Å². The topological polar surface area (TPSA) is 24.1 Å². The van der Waals surface area contributed by atoms with Gasteiger partial charge in [0.05, 0.1) is 0 Å². The van der Waals surface area contributed by atoms with Gasteiger partial charge in [0.15, 0.2) is 0 Å². The Bertz CT molecular complexity index is 231.